The van der Waals surface area contributed by atoms with E-state index in [1.54, 1.807) is 6.92 Å². The highest BCUT2D eigenvalue weighted by molar-refractivity contribution is 7.14. The first-order valence-corrected chi connectivity index (χ1v) is 36.0. The molecule has 1 unspecified atom stereocenters. The van der Waals surface area contributed by atoms with E-state index in [-0.39, 0.29) is 61.4 Å². The molecule has 0 radical (unpaired) electrons. The van der Waals surface area contributed by atoms with E-state index in [1.165, 1.54) is 75.7 Å². The predicted octanol–water partition coefficient (Wildman–Crippen LogP) is -0.891. The lowest BCUT2D eigenvalue weighted by atomic mass is 9.82. The summed E-state index contributed by atoms with van der Waals surface area (Å²) < 4.78 is 11.7. The molecule has 0 bridgehead atoms. The number of rotatable bonds is 21. The summed E-state index contributed by atoms with van der Waals surface area (Å²) in [6.45, 7) is 2.32. The molecule has 31 heteroatoms. The van der Waals surface area contributed by atoms with Crippen LogP contribution >= 0.6 is 11.3 Å². The number of benzene rings is 2. The van der Waals surface area contributed by atoms with Crippen LogP contribution in [0.25, 0.3) is 21.7 Å². The number of nitrogens with one attached hydrogen (secondary N) is 6. The third-order valence-electron chi connectivity index (χ3n) is 20.5. The van der Waals surface area contributed by atoms with Crippen molar-refractivity contribution < 1.29 is 84.2 Å². The summed E-state index contributed by atoms with van der Waals surface area (Å²) in [4.78, 5) is 102. The zero-order valence-electron chi connectivity index (χ0n) is 56.9. The maximum Gasteiger partial charge on any atom is 0.248 e. The molecule has 2 aromatic carbocycles. The molecule has 15 N–H and O–H groups in total. The van der Waals surface area contributed by atoms with Crippen LogP contribution in [0, 0.1) is 11.8 Å². The van der Waals surface area contributed by atoms with Crippen LogP contribution in [0.5, 0.6) is 11.5 Å². The van der Waals surface area contributed by atoms with Crippen LogP contribution in [0.15, 0.2) is 54.9 Å². The first-order chi connectivity index (χ1) is 48.1. The average Bonchev–Trinajstić information content (AvgIpc) is 1.62. The highest BCUT2D eigenvalue weighted by atomic mass is 32.1. The van der Waals surface area contributed by atoms with Crippen LogP contribution in [0.1, 0.15) is 120 Å². The average molecular weight is 1410 g/mol. The van der Waals surface area contributed by atoms with Crippen molar-refractivity contribution in [3.8, 4) is 33.2 Å². The molecule has 2 aliphatic carbocycles. The second kappa shape index (κ2) is 35.2. The third kappa shape index (κ3) is 18.9. The summed E-state index contributed by atoms with van der Waals surface area (Å²) >= 11 is 1.53. The number of hydrogen-bond donors (Lipinski definition) is 15. The molecule has 100 heavy (non-hydrogen) atoms. The number of aliphatic hydroxyl groups excluding tert-OH is 8. The zero-order chi connectivity index (χ0) is 71.3. The molecule has 6 fully saturated rings. The van der Waals surface area contributed by atoms with Gasteiger partial charge in [-0.1, -0.05) is 67.9 Å². The molecule has 548 valence electrons. The van der Waals surface area contributed by atoms with Gasteiger partial charge in [-0.05, 0) is 113 Å². The standard InChI is InChI=1S/C69H99N13O17S/c1-37-33-82-59(60(37)91)64(95)72-32-46(86)27-50(71-29-39-9-12-42(13-10-39)65-78-79-66(100-65)43-16-14-41(15-17-43)44-30-73-69(74-31-44)80-23-20-49(21-24-80)99-48-7-5-4-6-8-48)61(92)75-56(38(2)85)67(96)81-34-47(87)28-51(81)62(93)76-57(54(90)25-40-11-18-52(88)55(26-40)98-3)63(94)77-58(68(82)97)53(89)19-22-70-45(35-83)36-84/h11,14-18,26,30-31,37-39,42,45-51,53-54,56-60,70-71,83-91H,4-10,12-13,19-25,27-29,32-36H2,1-3H3,(H,72,95)(H,75,92)(H,76,93)(H,77,94)/t37-,38+,39?,42?,46+,47+,50?,51-,53+,54+,56-,57-,58-,59-,60-/m0/s1. The topological polar surface area (TPSA) is 436 Å². The molecule has 10 rings (SSSR count). The molecular formula is C69H99N13O17S. The summed E-state index contributed by atoms with van der Waals surface area (Å²) in [5, 5.41) is 126. The number of phenols is 1. The minimum atomic E-state index is -2.04. The van der Waals surface area contributed by atoms with Crippen molar-refractivity contribution in [2.45, 2.75) is 207 Å². The Morgan fingerprint density at radius 3 is 2.04 bits per heavy atom. The number of fused-ring (bicyclic) bond motifs is 2. The number of aromatic hydroxyl groups is 1. The van der Waals surface area contributed by atoms with E-state index in [0.717, 1.165) is 81.2 Å². The second-order valence-electron chi connectivity index (χ2n) is 27.8. The van der Waals surface area contributed by atoms with Gasteiger partial charge in [0.05, 0.1) is 81.2 Å². The number of ether oxygens (including phenoxy) is 2. The maximum absolute atomic E-state index is 15.0. The van der Waals surface area contributed by atoms with Gasteiger partial charge in [-0.15, -0.1) is 10.2 Å². The molecule has 2 saturated carbocycles. The Morgan fingerprint density at radius 2 is 1.36 bits per heavy atom. The third-order valence-corrected chi connectivity index (χ3v) is 21.6. The number of amides is 6. The molecular weight excluding hydrogens is 1310 g/mol. The molecule has 30 nitrogen and oxygen atoms in total. The number of piperidine rings is 1. The van der Waals surface area contributed by atoms with E-state index in [1.807, 2.05) is 36.7 Å². The fourth-order valence-corrected chi connectivity index (χ4v) is 15.5. The van der Waals surface area contributed by atoms with Crippen molar-refractivity contribution in [2.24, 2.45) is 11.8 Å². The molecule has 6 heterocycles. The van der Waals surface area contributed by atoms with Crippen LogP contribution < -0.4 is 41.5 Å². The Balaban J connectivity index is 0.826. The van der Waals surface area contributed by atoms with Crippen molar-refractivity contribution in [1.29, 1.82) is 0 Å². The lowest BCUT2D eigenvalue weighted by Gasteiger charge is -2.34. The van der Waals surface area contributed by atoms with E-state index < -0.39 is 159 Å². The fourth-order valence-electron chi connectivity index (χ4n) is 14.5. The second-order valence-corrected chi connectivity index (χ2v) is 28.8. The number of anilines is 1. The van der Waals surface area contributed by atoms with Gasteiger partial charge in [-0.25, -0.2) is 9.97 Å². The fraction of sp³-hybridized carbons (Fsp3) is 0.652. The minimum absolute atomic E-state index is 0.00337. The lowest BCUT2D eigenvalue weighted by molar-refractivity contribution is -0.147. The number of carbonyl (C=O) groups excluding carboxylic acids is 6. The summed E-state index contributed by atoms with van der Waals surface area (Å²) in [5.41, 5.74) is 3.07. The molecule has 4 saturated heterocycles. The summed E-state index contributed by atoms with van der Waals surface area (Å²) in [5.74, 6) is -6.44. The number of methoxy groups -OCH3 is 1. The quantitative estimate of drug-likeness (QED) is 0.0481. The molecule has 6 aliphatic rings. The summed E-state index contributed by atoms with van der Waals surface area (Å²) in [6, 6.07) is 0.937. The van der Waals surface area contributed by atoms with Gasteiger partial charge >= 0.3 is 0 Å². The number of carbonyl (C=O) groups is 6. The number of aromatic nitrogens is 4. The molecule has 2 aromatic heterocycles. The van der Waals surface area contributed by atoms with Gasteiger partial charge < -0.3 is 102 Å². The summed E-state index contributed by atoms with van der Waals surface area (Å²) in [6.07, 6.45) is 4.15. The highest BCUT2D eigenvalue weighted by Crippen LogP contribution is 2.39. The summed E-state index contributed by atoms with van der Waals surface area (Å²) in [7, 11) is 1.29. The van der Waals surface area contributed by atoms with E-state index in [9.17, 15) is 74.7 Å². The van der Waals surface area contributed by atoms with E-state index in [2.05, 4.69) is 47.0 Å². The van der Waals surface area contributed by atoms with Gasteiger partial charge in [-0.2, -0.15) is 0 Å². The Kier molecular flexibility index (Phi) is 26.6. The lowest BCUT2D eigenvalue weighted by Crippen LogP contribution is -2.64. The van der Waals surface area contributed by atoms with Gasteiger partial charge in [0.1, 0.15) is 40.2 Å². The number of phenolic OH excluding ortho intramolecular Hbond substituents is 1. The van der Waals surface area contributed by atoms with Crippen LogP contribution in [0.3, 0.4) is 0 Å². The maximum atomic E-state index is 15.0. The van der Waals surface area contributed by atoms with Crippen LogP contribution in [-0.4, -0.2) is 269 Å². The van der Waals surface area contributed by atoms with Gasteiger partial charge in [0.2, 0.25) is 41.4 Å². The number of β-amino-alcohol motifs (C(OH)–C–C–N with tert-alkyl or cyclic N) is 1. The highest BCUT2D eigenvalue weighted by Gasteiger charge is 2.50. The molecule has 0 spiro atoms. The molecule has 4 aliphatic heterocycles. The molecule has 13 atom stereocenters. The van der Waals surface area contributed by atoms with Crippen molar-refractivity contribution in [2.75, 3.05) is 71.0 Å². The number of aliphatic hydroxyl groups is 8. The largest absolute Gasteiger partial charge is 0.504 e. The van der Waals surface area contributed by atoms with Crippen molar-refractivity contribution in [3.05, 3.63) is 65.4 Å². The number of nitrogens with zero attached hydrogens (tertiary/aromatic N) is 7. The molecule has 6 amide bonds. The van der Waals surface area contributed by atoms with Crippen molar-refractivity contribution >= 4 is 52.7 Å². The van der Waals surface area contributed by atoms with Crippen LogP contribution in [-0.2, 0) is 39.9 Å². The first-order valence-electron chi connectivity index (χ1n) is 35.2. The van der Waals surface area contributed by atoms with Gasteiger partial charge in [-0.3, -0.25) is 28.8 Å². The molecule has 4 aromatic rings. The monoisotopic (exact) mass is 1410 g/mol. The Morgan fingerprint density at radius 1 is 0.700 bits per heavy atom. The smallest absolute Gasteiger partial charge is 0.248 e. The van der Waals surface area contributed by atoms with E-state index >= 15 is 0 Å². The SMILES string of the molecule is COc1cc(C[C@@H](O)[C@@H]2NC(=O)[C@@H]3C[C@@H](O)CN3C(=O)[C@H]([C@@H](C)O)NC(=O)C(NCC3CCC(c4nnc(-c5ccc(-c6cnc(N7CCC(OC8CCCCC8)CC7)nc6)cc5)s4)CC3)C[C@@H](O)CNC(=O)[C@@H]3[C@@H](O)[C@@H](C)CN3C(=O)[C@H]([C@H](O)CCNC(CO)CO)NC2=O)ccc1O. The van der Waals surface area contributed by atoms with E-state index in [0.29, 0.717) is 25.0 Å². The zero-order valence-corrected chi connectivity index (χ0v) is 57.7. The van der Waals surface area contributed by atoms with Crippen LogP contribution in [0.2, 0.25) is 0 Å². The number of hydrogen-bond acceptors (Lipinski definition) is 25. The van der Waals surface area contributed by atoms with Crippen molar-refractivity contribution in [3.63, 3.8) is 0 Å². The van der Waals surface area contributed by atoms with Crippen LogP contribution in [0.4, 0.5) is 5.95 Å². The normalized spacial score (nSPS) is 28.5. The van der Waals surface area contributed by atoms with E-state index in [4.69, 9.17) is 19.4 Å². The minimum Gasteiger partial charge on any atom is -0.504 e. The Labute approximate surface area is 585 Å². The Bertz CT molecular complexity index is 3370. The first kappa shape index (κ1) is 75.5. The van der Waals surface area contributed by atoms with Gasteiger partial charge in [0.25, 0.3) is 0 Å². The van der Waals surface area contributed by atoms with Gasteiger partial charge in [0.15, 0.2) is 11.5 Å². The predicted molar refractivity (Wildman–Crippen MR) is 365 cm³/mol. The van der Waals surface area contributed by atoms with Gasteiger partial charge in [0, 0.05) is 80.9 Å². The Hall–Kier alpha value is -7.14. The van der Waals surface area contributed by atoms with Crippen molar-refractivity contribution in [1.82, 2.24) is 61.9 Å².